The molecule has 6 heteroatoms. The first-order valence-corrected chi connectivity index (χ1v) is 5.05. The van der Waals surface area contributed by atoms with Crippen LogP contribution in [0.25, 0.3) is 0 Å². The van der Waals surface area contributed by atoms with E-state index in [-0.39, 0.29) is 5.92 Å². The second kappa shape index (κ2) is 4.84. The van der Waals surface area contributed by atoms with Crippen molar-refractivity contribution in [3.63, 3.8) is 0 Å². The van der Waals surface area contributed by atoms with Crippen molar-refractivity contribution in [1.29, 1.82) is 0 Å². The molecule has 0 aliphatic heterocycles. The Morgan fingerprint density at radius 2 is 1.44 bits per heavy atom. The van der Waals surface area contributed by atoms with Gasteiger partial charge in [-0.1, -0.05) is 27.2 Å². The first-order chi connectivity index (χ1) is 6.91. The van der Waals surface area contributed by atoms with Gasteiger partial charge in [0.15, 0.2) is 0 Å². The third kappa shape index (κ3) is 4.61. The molecule has 0 aromatic carbocycles. The van der Waals surface area contributed by atoms with Crippen molar-refractivity contribution in [2.24, 2.45) is 11.3 Å². The maximum Gasteiger partial charge on any atom is 0.394 e. The molecule has 0 aromatic rings. The molecule has 0 fully saturated rings. The van der Waals surface area contributed by atoms with Crippen molar-refractivity contribution in [3.8, 4) is 0 Å². The van der Waals surface area contributed by atoms with E-state index in [1.54, 1.807) is 6.92 Å². The van der Waals surface area contributed by atoms with Crippen LogP contribution < -0.4 is 0 Å². The van der Waals surface area contributed by atoms with Crippen LogP contribution in [0.15, 0.2) is 0 Å². The molecule has 0 rings (SSSR count). The van der Waals surface area contributed by atoms with Crippen LogP contribution >= 0.6 is 0 Å². The Morgan fingerprint density at radius 3 is 1.69 bits per heavy atom. The Bertz CT molecular complexity index is 216. The highest BCUT2D eigenvalue weighted by molar-refractivity contribution is 4.86. The van der Waals surface area contributed by atoms with E-state index < -0.39 is 30.6 Å². The van der Waals surface area contributed by atoms with Crippen molar-refractivity contribution in [2.75, 3.05) is 0 Å². The van der Waals surface area contributed by atoms with E-state index in [0.29, 0.717) is 13.3 Å². The van der Waals surface area contributed by atoms with Gasteiger partial charge in [-0.2, -0.15) is 26.3 Å². The summed E-state index contributed by atoms with van der Waals surface area (Å²) >= 11 is 0. The van der Waals surface area contributed by atoms with Crippen molar-refractivity contribution >= 4 is 0 Å². The molecule has 0 amide bonds. The van der Waals surface area contributed by atoms with E-state index >= 15 is 0 Å². The smallest absolute Gasteiger partial charge is 0.171 e. The molecule has 0 saturated carbocycles. The van der Waals surface area contributed by atoms with Gasteiger partial charge in [0.2, 0.25) is 0 Å². The Labute approximate surface area is 91.0 Å². The number of hydrogen-bond donors (Lipinski definition) is 0. The molecular formula is C10H16F6. The second-order valence-electron chi connectivity index (χ2n) is 4.57. The van der Waals surface area contributed by atoms with Crippen LogP contribution in [0.3, 0.4) is 0 Å². The molecule has 0 bridgehead atoms. The Balaban J connectivity index is 4.91. The lowest BCUT2D eigenvalue weighted by atomic mass is 9.77. The van der Waals surface area contributed by atoms with Gasteiger partial charge in [0, 0.05) is 0 Å². The quantitative estimate of drug-likeness (QED) is 0.620. The standard InChI is InChI=1S/C10H16F6/c1-4-7(2)5-8(3,10(14,15)16)6-9(11,12)13/h7H,4-6H2,1-3H3/t7-,8?/m1/s1. The van der Waals surface area contributed by atoms with Gasteiger partial charge >= 0.3 is 12.4 Å². The summed E-state index contributed by atoms with van der Waals surface area (Å²) in [6, 6.07) is 0. The lowest BCUT2D eigenvalue weighted by Gasteiger charge is -2.34. The minimum Gasteiger partial charge on any atom is -0.171 e. The van der Waals surface area contributed by atoms with E-state index in [1.807, 2.05) is 0 Å². The fraction of sp³-hybridized carbons (Fsp3) is 1.00. The highest BCUT2D eigenvalue weighted by Crippen LogP contribution is 2.49. The molecule has 0 heterocycles. The molecule has 0 aromatic heterocycles. The highest BCUT2D eigenvalue weighted by atomic mass is 19.4. The lowest BCUT2D eigenvalue weighted by Crippen LogP contribution is -2.40. The van der Waals surface area contributed by atoms with Gasteiger partial charge in [-0.25, -0.2) is 0 Å². The fourth-order valence-corrected chi connectivity index (χ4v) is 1.64. The van der Waals surface area contributed by atoms with Crippen LogP contribution in [0.1, 0.15) is 40.0 Å². The average molecular weight is 250 g/mol. The van der Waals surface area contributed by atoms with Gasteiger partial charge < -0.3 is 0 Å². The average Bonchev–Trinajstić information content (AvgIpc) is 1.98. The molecule has 16 heavy (non-hydrogen) atoms. The van der Waals surface area contributed by atoms with Crippen LogP contribution in [0.4, 0.5) is 26.3 Å². The van der Waals surface area contributed by atoms with E-state index in [0.717, 1.165) is 0 Å². The van der Waals surface area contributed by atoms with Crippen molar-refractivity contribution in [2.45, 2.75) is 52.4 Å². The Hall–Kier alpha value is -0.420. The zero-order chi connectivity index (χ0) is 13.2. The van der Waals surface area contributed by atoms with Crippen molar-refractivity contribution in [1.82, 2.24) is 0 Å². The van der Waals surface area contributed by atoms with Crippen LogP contribution in [0.5, 0.6) is 0 Å². The molecule has 0 aliphatic rings. The first kappa shape index (κ1) is 15.6. The maximum atomic E-state index is 12.6. The summed E-state index contributed by atoms with van der Waals surface area (Å²) in [5, 5.41) is 0. The predicted molar refractivity (Wildman–Crippen MR) is 48.9 cm³/mol. The van der Waals surface area contributed by atoms with Crippen LogP contribution in [0.2, 0.25) is 0 Å². The minimum atomic E-state index is -4.83. The molecule has 0 spiro atoms. The van der Waals surface area contributed by atoms with Crippen LogP contribution in [-0.2, 0) is 0 Å². The molecule has 98 valence electrons. The molecule has 0 radical (unpaired) electrons. The minimum absolute atomic E-state index is 0.381. The topological polar surface area (TPSA) is 0 Å². The normalized spacial score (nSPS) is 19.3. The zero-order valence-electron chi connectivity index (χ0n) is 9.47. The summed E-state index contributed by atoms with van der Waals surface area (Å²) in [5.74, 6) is -0.381. The fourth-order valence-electron chi connectivity index (χ4n) is 1.64. The van der Waals surface area contributed by atoms with Crippen molar-refractivity contribution in [3.05, 3.63) is 0 Å². The molecule has 0 N–H and O–H groups in total. The Morgan fingerprint density at radius 1 is 1.00 bits per heavy atom. The maximum absolute atomic E-state index is 12.6. The van der Waals surface area contributed by atoms with Crippen LogP contribution in [-0.4, -0.2) is 12.4 Å². The van der Waals surface area contributed by atoms with E-state index in [2.05, 4.69) is 0 Å². The van der Waals surface area contributed by atoms with Gasteiger partial charge in [-0.05, 0) is 12.3 Å². The third-order valence-corrected chi connectivity index (χ3v) is 2.77. The summed E-state index contributed by atoms with van der Waals surface area (Å²) in [7, 11) is 0. The summed E-state index contributed by atoms with van der Waals surface area (Å²) in [6.07, 6.45) is -11.5. The van der Waals surface area contributed by atoms with E-state index in [4.69, 9.17) is 0 Å². The summed E-state index contributed by atoms with van der Waals surface area (Å²) in [5.41, 5.74) is -2.68. The summed E-state index contributed by atoms with van der Waals surface area (Å²) in [6.45, 7) is 3.84. The van der Waals surface area contributed by atoms with E-state index in [1.165, 1.54) is 6.92 Å². The number of hydrogen-bond acceptors (Lipinski definition) is 0. The van der Waals surface area contributed by atoms with Gasteiger partial charge in [0.25, 0.3) is 0 Å². The van der Waals surface area contributed by atoms with Crippen molar-refractivity contribution < 1.29 is 26.3 Å². The summed E-state index contributed by atoms with van der Waals surface area (Å²) in [4.78, 5) is 0. The zero-order valence-corrected chi connectivity index (χ0v) is 9.47. The third-order valence-electron chi connectivity index (χ3n) is 2.77. The van der Waals surface area contributed by atoms with Gasteiger partial charge in [0.05, 0.1) is 11.8 Å². The monoisotopic (exact) mass is 250 g/mol. The predicted octanol–water partition coefficient (Wildman–Crippen LogP) is 4.94. The number of alkyl halides is 6. The molecular weight excluding hydrogens is 234 g/mol. The molecule has 0 aliphatic carbocycles. The van der Waals surface area contributed by atoms with Crippen LogP contribution in [0, 0.1) is 11.3 Å². The largest absolute Gasteiger partial charge is 0.394 e. The number of rotatable bonds is 4. The molecule has 1 unspecified atom stereocenters. The number of halogens is 6. The lowest BCUT2D eigenvalue weighted by molar-refractivity contribution is -0.263. The molecule has 2 atom stereocenters. The summed E-state index contributed by atoms with van der Waals surface area (Å²) < 4.78 is 74.3. The van der Waals surface area contributed by atoms with E-state index in [9.17, 15) is 26.3 Å². The first-order valence-electron chi connectivity index (χ1n) is 5.05. The Kier molecular flexibility index (Phi) is 4.71. The van der Waals surface area contributed by atoms with Gasteiger partial charge in [-0.15, -0.1) is 0 Å². The molecule has 0 nitrogen and oxygen atoms in total. The van der Waals surface area contributed by atoms with Gasteiger partial charge in [0.1, 0.15) is 0 Å². The van der Waals surface area contributed by atoms with Gasteiger partial charge in [-0.3, -0.25) is 0 Å². The second-order valence-corrected chi connectivity index (χ2v) is 4.57. The SMILES string of the molecule is CC[C@@H](C)CC(C)(CC(F)(F)F)C(F)(F)F. The molecule has 0 saturated heterocycles. The highest BCUT2D eigenvalue weighted by Gasteiger charge is 2.56.